The number of rotatable bonds is 5. The van der Waals surface area contributed by atoms with Crippen LogP contribution in [-0.4, -0.2) is 25.0 Å². The Kier molecular flexibility index (Phi) is 5.23. The topological polar surface area (TPSA) is 29.5 Å². The van der Waals surface area contributed by atoms with E-state index < -0.39 is 0 Å². The van der Waals surface area contributed by atoms with Crippen LogP contribution >= 0.6 is 11.6 Å². The molecule has 0 atom stereocenters. The van der Waals surface area contributed by atoms with Gasteiger partial charge >= 0.3 is 0 Å². The number of methoxy groups -OCH3 is 1. The van der Waals surface area contributed by atoms with Crippen molar-refractivity contribution in [3.63, 3.8) is 0 Å². The molecule has 0 aromatic heterocycles. The lowest BCUT2D eigenvalue weighted by Gasteiger charge is -2.17. The molecule has 0 aliphatic heterocycles. The average Bonchev–Trinajstić information content (AvgIpc) is 2.55. The molecule has 1 amide bonds. The third-order valence-corrected chi connectivity index (χ3v) is 3.59. The second-order valence-corrected chi connectivity index (χ2v) is 5.11. The van der Waals surface area contributed by atoms with Gasteiger partial charge in [0.25, 0.3) is 5.91 Å². The van der Waals surface area contributed by atoms with E-state index in [-0.39, 0.29) is 5.91 Å². The van der Waals surface area contributed by atoms with Crippen LogP contribution in [-0.2, 0) is 12.4 Å². The molecular formula is C17H18ClNO2. The van der Waals surface area contributed by atoms with Gasteiger partial charge in [-0.3, -0.25) is 4.79 Å². The first-order valence-electron chi connectivity index (χ1n) is 6.67. The minimum atomic E-state index is -0.00746. The maximum absolute atomic E-state index is 12.3. The van der Waals surface area contributed by atoms with Gasteiger partial charge in [0.2, 0.25) is 0 Å². The second-order valence-electron chi connectivity index (χ2n) is 4.84. The Labute approximate surface area is 130 Å². The zero-order chi connectivity index (χ0) is 15.2. The van der Waals surface area contributed by atoms with E-state index >= 15 is 0 Å². The highest BCUT2D eigenvalue weighted by atomic mass is 35.5. The molecule has 2 aromatic carbocycles. The predicted molar refractivity (Wildman–Crippen MR) is 84.8 cm³/mol. The standard InChI is InChI=1S/C17H18ClNO2/c1-19(12-14-5-9-16(21-2)10-6-14)17(20)15-7-3-13(11-18)4-8-15/h3-10H,11-12H2,1-2H3. The van der Waals surface area contributed by atoms with E-state index in [1.54, 1.807) is 19.1 Å². The Bertz CT molecular complexity index is 593. The van der Waals surface area contributed by atoms with E-state index in [1.807, 2.05) is 48.5 Å². The fourth-order valence-electron chi connectivity index (χ4n) is 2.03. The highest BCUT2D eigenvalue weighted by molar-refractivity contribution is 6.17. The Hall–Kier alpha value is -2.00. The van der Waals surface area contributed by atoms with Gasteiger partial charge in [0.15, 0.2) is 0 Å². The molecule has 2 aromatic rings. The highest BCUT2D eigenvalue weighted by Gasteiger charge is 2.11. The van der Waals surface area contributed by atoms with Crippen LogP contribution < -0.4 is 4.74 Å². The lowest BCUT2D eigenvalue weighted by Crippen LogP contribution is -2.26. The number of alkyl halides is 1. The highest BCUT2D eigenvalue weighted by Crippen LogP contribution is 2.14. The van der Waals surface area contributed by atoms with E-state index in [9.17, 15) is 4.79 Å². The minimum Gasteiger partial charge on any atom is -0.497 e. The van der Waals surface area contributed by atoms with Gasteiger partial charge in [-0.15, -0.1) is 11.6 Å². The van der Waals surface area contributed by atoms with Crippen molar-refractivity contribution in [2.24, 2.45) is 0 Å². The molecule has 2 rings (SSSR count). The first-order valence-corrected chi connectivity index (χ1v) is 7.21. The molecule has 0 fully saturated rings. The van der Waals surface area contributed by atoms with Gasteiger partial charge in [-0.2, -0.15) is 0 Å². The Morgan fingerprint density at radius 1 is 1.05 bits per heavy atom. The normalized spacial score (nSPS) is 10.2. The average molecular weight is 304 g/mol. The van der Waals surface area contributed by atoms with E-state index in [0.29, 0.717) is 18.0 Å². The molecule has 3 nitrogen and oxygen atoms in total. The summed E-state index contributed by atoms with van der Waals surface area (Å²) in [5.74, 6) is 1.26. The molecule has 0 aliphatic carbocycles. The van der Waals surface area contributed by atoms with E-state index in [1.165, 1.54) is 0 Å². The molecule has 0 aliphatic rings. The van der Waals surface area contributed by atoms with Crippen LogP contribution in [0, 0.1) is 0 Å². The van der Waals surface area contributed by atoms with Crippen molar-refractivity contribution in [2.75, 3.05) is 14.2 Å². The van der Waals surface area contributed by atoms with Crippen LogP contribution in [0.25, 0.3) is 0 Å². The molecule has 21 heavy (non-hydrogen) atoms. The summed E-state index contributed by atoms with van der Waals surface area (Å²) >= 11 is 5.75. The van der Waals surface area contributed by atoms with Gasteiger partial charge in [0.05, 0.1) is 7.11 Å². The van der Waals surface area contributed by atoms with Crippen LogP contribution in [0.2, 0.25) is 0 Å². The quantitative estimate of drug-likeness (QED) is 0.788. The first-order chi connectivity index (χ1) is 10.1. The van der Waals surface area contributed by atoms with Crippen molar-refractivity contribution in [1.82, 2.24) is 4.90 Å². The first kappa shape index (κ1) is 15.4. The summed E-state index contributed by atoms with van der Waals surface area (Å²) in [4.78, 5) is 14.0. The maximum Gasteiger partial charge on any atom is 0.253 e. The van der Waals surface area contributed by atoms with Crippen molar-refractivity contribution >= 4 is 17.5 Å². The third kappa shape index (κ3) is 3.99. The summed E-state index contributed by atoms with van der Waals surface area (Å²) in [5, 5.41) is 0. The number of hydrogen-bond donors (Lipinski definition) is 0. The molecule has 0 bridgehead atoms. The molecule has 0 saturated carbocycles. The number of nitrogens with zero attached hydrogens (tertiary/aromatic N) is 1. The molecule has 0 radical (unpaired) electrons. The fraction of sp³-hybridized carbons (Fsp3) is 0.235. The van der Waals surface area contributed by atoms with Gasteiger partial charge in [-0.25, -0.2) is 0 Å². The Morgan fingerprint density at radius 3 is 2.14 bits per heavy atom. The molecule has 0 N–H and O–H groups in total. The summed E-state index contributed by atoms with van der Waals surface area (Å²) in [6.45, 7) is 0.556. The lowest BCUT2D eigenvalue weighted by molar-refractivity contribution is 0.0785. The number of halogens is 1. The largest absolute Gasteiger partial charge is 0.497 e. The van der Waals surface area contributed by atoms with Gasteiger partial charge in [0, 0.05) is 25.0 Å². The molecule has 0 heterocycles. The lowest BCUT2D eigenvalue weighted by atomic mass is 10.1. The van der Waals surface area contributed by atoms with Crippen LogP contribution in [0.3, 0.4) is 0 Å². The van der Waals surface area contributed by atoms with E-state index in [4.69, 9.17) is 16.3 Å². The number of amides is 1. The zero-order valence-corrected chi connectivity index (χ0v) is 12.9. The Morgan fingerprint density at radius 2 is 1.62 bits per heavy atom. The van der Waals surface area contributed by atoms with Crippen LogP contribution in [0.4, 0.5) is 0 Å². The summed E-state index contributed by atoms with van der Waals surface area (Å²) < 4.78 is 5.12. The molecule has 110 valence electrons. The number of benzene rings is 2. The molecule has 0 unspecified atom stereocenters. The maximum atomic E-state index is 12.3. The van der Waals surface area contributed by atoms with Gasteiger partial charge in [0.1, 0.15) is 5.75 Å². The number of ether oxygens (including phenoxy) is 1. The minimum absolute atomic E-state index is 0.00746. The van der Waals surface area contributed by atoms with Gasteiger partial charge in [-0.1, -0.05) is 24.3 Å². The summed E-state index contributed by atoms with van der Waals surface area (Å²) in [5.41, 5.74) is 2.73. The molecule has 0 spiro atoms. The fourth-order valence-corrected chi connectivity index (χ4v) is 2.21. The van der Waals surface area contributed by atoms with E-state index in [0.717, 1.165) is 16.9 Å². The van der Waals surface area contributed by atoms with Crippen molar-refractivity contribution in [3.8, 4) is 5.75 Å². The van der Waals surface area contributed by atoms with Crippen LogP contribution in [0.1, 0.15) is 21.5 Å². The summed E-state index contributed by atoms with van der Waals surface area (Å²) in [7, 11) is 3.43. The van der Waals surface area contributed by atoms with Crippen molar-refractivity contribution < 1.29 is 9.53 Å². The third-order valence-electron chi connectivity index (χ3n) is 3.28. The van der Waals surface area contributed by atoms with Crippen molar-refractivity contribution in [2.45, 2.75) is 12.4 Å². The summed E-state index contributed by atoms with van der Waals surface area (Å²) in [6.07, 6.45) is 0. The predicted octanol–water partition coefficient (Wildman–Crippen LogP) is 3.71. The number of carbonyl (C=O) groups is 1. The smallest absolute Gasteiger partial charge is 0.253 e. The summed E-state index contributed by atoms with van der Waals surface area (Å²) in [6, 6.07) is 15.1. The van der Waals surface area contributed by atoms with Crippen LogP contribution in [0.5, 0.6) is 5.75 Å². The van der Waals surface area contributed by atoms with Gasteiger partial charge in [-0.05, 0) is 35.4 Å². The van der Waals surface area contributed by atoms with Crippen molar-refractivity contribution in [3.05, 3.63) is 65.2 Å². The number of carbonyl (C=O) groups excluding carboxylic acids is 1. The molecular weight excluding hydrogens is 286 g/mol. The van der Waals surface area contributed by atoms with Crippen molar-refractivity contribution in [1.29, 1.82) is 0 Å². The van der Waals surface area contributed by atoms with Gasteiger partial charge < -0.3 is 9.64 Å². The van der Waals surface area contributed by atoms with Crippen LogP contribution in [0.15, 0.2) is 48.5 Å². The second kappa shape index (κ2) is 7.14. The monoisotopic (exact) mass is 303 g/mol. The van der Waals surface area contributed by atoms with E-state index in [2.05, 4.69) is 0 Å². The SMILES string of the molecule is COc1ccc(CN(C)C(=O)c2ccc(CCl)cc2)cc1. The molecule has 0 saturated heterocycles. The molecule has 4 heteroatoms. The number of hydrogen-bond acceptors (Lipinski definition) is 2. The Balaban J connectivity index is 2.03. The zero-order valence-electron chi connectivity index (χ0n) is 12.2.